The van der Waals surface area contributed by atoms with E-state index in [0.29, 0.717) is 6.42 Å². The van der Waals surface area contributed by atoms with Gasteiger partial charge in [0.25, 0.3) is 5.91 Å². The number of primary amides is 1. The van der Waals surface area contributed by atoms with E-state index in [2.05, 4.69) is 22.2 Å². The number of esters is 1. The molecule has 0 spiro atoms. The van der Waals surface area contributed by atoms with Gasteiger partial charge in [-0.1, -0.05) is 71.1 Å². The molecule has 10 heteroatoms. The highest BCUT2D eigenvalue weighted by Crippen LogP contribution is 2.16. The van der Waals surface area contributed by atoms with E-state index in [9.17, 15) is 19.2 Å². The van der Waals surface area contributed by atoms with Crippen molar-refractivity contribution in [1.29, 1.82) is 0 Å². The van der Waals surface area contributed by atoms with E-state index < -0.39 is 35.9 Å². The van der Waals surface area contributed by atoms with Gasteiger partial charge < -0.3 is 20.9 Å². The Balaban J connectivity index is 2.53. The fraction of sp³-hybridized carbons (Fsp3) is 0.704. The van der Waals surface area contributed by atoms with Crippen LogP contribution in [0.1, 0.15) is 120 Å². The van der Waals surface area contributed by atoms with Gasteiger partial charge in [0.2, 0.25) is 5.91 Å². The molecule has 1 aromatic rings. The first-order chi connectivity index (χ1) is 17.8. The molecule has 208 valence electrons. The molecule has 1 aromatic heterocycles. The quantitative estimate of drug-likeness (QED) is 0.150. The van der Waals surface area contributed by atoms with Gasteiger partial charge in [-0.3, -0.25) is 19.4 Å². The van der Waals surface area contributed by atoms with E-state index in [1.165, 1.54) is 63.5 Å². The van der Waals surface area contributed by atoms with Gasteiger partial charge in [-0.25, -0.2) is 9.78 Å². The molecule has 0 unspecified atom stereocenters. The number of aliphatic carboxylic acids is 1. The Morgan fingerprint density at radius 1 is 0.919 bits per heavy atom. The highest BCUT2D eigenvalue weighted by Gasteiger charge is 2.27. The topological polar surface area (TPSA) is 162 Å². The lowest BCUT2D eigenvalue weighted by Gasteiger charge is -2.22. The van der Waals surface area contributed by atoms with Crippen molar-refractivity contribution in [2.24, 2.45) is 5.73 Å². The third-order valence-corrected chi connectivity index (χ3v) is 6.11. The zero-order valence-electron chi connectivity index (χ0n) is 22.2. The average molecular weight is 521 g/mol. The molecule has 1 rings (SSSR count). The second-order valence-electron chi connectivity index (χ2n) is 9.46. The van der Waals surface area contributed by atoms with E-state index in [1.54, 1.807) is 0 Å². The Hall–Kier alpha value is -3.04. The number of amides is 2. The minimum absolute atomic E-state index is 0.0215. The number of hydrogen-bond acceptors (Lipinski definition) is 7. The van der Waals surface area contributed by atoms with E-state index in [-0.39, 0.29) is 31.4 Å². The predicted octanol–water partition coefficient (Wildman–Crippen LogP) is 4.32. The van der Waals surface area contributed by atoms with Gasteiger partial charge in [0, 0.05) is 18.8 Å². The molecule has 0 aromatic carbocycles. The number of hydrogen-bond donors (Lipinski definition) is 3. The van der Waals surface area contributed by atoms with Crippen molar-refractivity contribution in [1.82, 2.24) is 15.3 Å². The van der Waals surface area contributed by atoms with Crippen LogP contribution in [0.4, 0.5) is 0 Å². The number of rotatable bonds is 22. The van der Waals surface area contributed by atoms with Crippen LogP contribution >= 0.6 is 0 Å². The number of ether oxygens (including phenoxy) is 1. The summed E-state index contributed by atoms with van der Waals surface area (Å²) in [6, 6.07) is -1.08. The number of carboxylic acids is 1. The van der Waals surface area contributed by atoms with Gasteiger partial charge >= 0.3 is 11.9 Å². The molecule has 1 heterocycles. The molecule has 2 atom stereocenters. The molecule has 37 heavy (non-hydrogen) atoms. The summed E-state index contributed by atoms with van der Waals surface area (Å²) in [5, 5.41) is 11.5. The summed E-state index contributed by atoms with van der Waals surface area (Å²) in [5.74, 6) is -2.93. The van der Waals surface area contributed by atoms with Gasteiger partial charge in [0.05, 0.1) is 12.6 Å². The minimum atomic E-state index is -1.08. The molecule has 10 nitrogen and oxygen atoms in total. The number of nitrogens with zero attached hydrogens (tertiary/aromatic N) is 2. The Kier molecular flexibility index (Phi) is 17.3. The largest absolute Gasteiger partial charge is 0.481 e. The number of carbonyl (C=O) groups is 4. The number of nitrogens with two attached hydrogens (primary N) is 1. The summed E-state index contributed by atoms with van der Waals surface area (Å²) in [6.45, 7) is 2.22. The first-order valence-electron chi connectivity index (χ1n) is 13.6. The van der Waals surface area contributed by atoms with Gasteiger partial charge in [0.1, 0.15) is 17.8 Å². The third-order valence-electron chi connectivity index (χ3n) is 6.11. The van der Waals surface area contributed by atoms with Crippen LogP contribution in [0.2, 0.25) is 0 Å². The van der Waals surface area contributed by atoms with Crippen LogP contribution in [0.3, 0.4) is 0 Å². The maximum atomic E-state index is 12.9. The Morgan fingerprint density at radius 3 is 2.08 bits per heavy atom. The van der Waals surface area contributed by atoms with E-state index in [4.69, 9.17) is 15.6 Å². The van der Waals surface area contributed by atoms with Gasteiger partial charge in [-0.05, 0) is 25.7 Å². The molecule has 0 saturated heterocycles. The van der Waals surface area contributed by atoms with Crippen molar-refractivity contribution >= 4 is 23.8 Å². The van der Waals surface area contributed by atoms with Gasteiger partial charge in [-0.2, -0.15) is 0 Å². The third kappa shape index (κ3) is 16.3. The zero-order chi connectivity index (χ0) is 27.3. The number of carbonyl (C=O) groups excluding carboxylic acids is 3. The molecule has 0 bridgehead atoms. The van der Waals surface area contributed by atoms with Crippen molar-refractivity contribution in [3.8, 4) is 0 Å². The van der Waals surface area contributed by atoms with Crippen molar-refractivity contribution < 1.29 is 29.0 Å². The fourth-order valence-electron chi connectivity index (χ4n) is 4.06. The van der Waals surface area contributed by atoms with Crippen molar-refractivity contribution in [3.05, 3.63) is 24.3 Å². The van der Waals surface area contributed by atoms with Crippen LogP contribution in [-0.2, 0) is 19.1 Å². The number of aromatic nitrogens is 2. The van der Waals surface area contributed by atoms with E-state index >= 15 is 0 Å². The molecule has 4 N–H and O–H groups in total. The number of nitrogens with one attached hydrogen (secondary N) is 1. The van der Waals surface area contributed by atoms with E-state index in [0.717, 1.165) is 25.7 Å². The summed E-state index contributed by atoms with van der Waals surface area (Å²) < 4.78 is 5.57. The molecule has 0 saturated carbocycles. The van der Waals surface area contributed by atoms with Crippen LogP contribution in [0.25, 0.3) is 0 Å². The molecule has 0 radical (unpaired) electrons. The summed E-state index contributed by atoms with van der Waals surface area (Å²) in [7, 11) is 0. The molecule has 0 aliphatic rings. The van der Waals surface area contributed by atoms with Crippen molar-refractivity contribution in [2.45, 2.75) is 122 Å². The Morgan fingerprint density at radius 2 is 1.54 bits per heavy atom. The first-order valence-corrected chi connectivity index (χ1v) is 13.6. The molecule has 0 aliphatic carbocycles. The second-order valence-corrected chi connectivity index (χ2v) is 9.46. The van der Waals surface area contributed by atoms with Crippen LogP contribution in [0.5, 0.6) is 0 Å². The number of carboxylic acid groups (broad SMARTS) is 1. The molecule has 2 amide bonds. The average Bonchev–Trinajstić information content (AvgIpc) is 2.86. The van der Waals surface area contributed by atoms with Crippen LogP contribution in [0, 0.1) is 0 Å². The maximum absolute atomic E-state index is 12.9. The maximum Gasteiger partial charge on any atom is 0.328 e. The highest BCUT2D eigenvalue weighted by molar-refractivity contribution is 5.95. The monoisotopic (exact) mass is 520 g/mol. The lowest BCUT2D eigenvalue weighted by molar-refractivity contribution is -0.153. The highest BCUT2D eigenvalue weighted by atomic mass is 16.5. The molecule has 0 aliphatic heterocycles. The second kappa shape index (κ2) is 20.1. The smallest absolute Gasteiger partial charge is 0.328 e. The molecular formula is C27H44N4O6. The fourth-order valence-corrected chi connectivity index (χ4v) is 4.06. The molecular weight excluding hydrogens is 476 g/mol. The Labute approximate surface area is 220 Å². The molecule has 0 fully saturated rings. The SMILES string of the molecule is CCCCCCCCCCCCC[C@@H](CC(N)=O)OC(=O)[C@H](CCCC(=O)O)NC(=O)c1cnccn1. The zero-order valence-corrected chi connectivity index (χ0v) is 22.2. The van der Waals surface area contributed by atoms with Crippen LogP contribution in [0.15, 0.2) is 18.6 Å². The van der Waals surface area contributed by atoms with Crippen molar-refractivity contribution in [2.75, 3.05) is 0 Å². The van der Waals surface area contributed by atoms with E-state index in [1.807, 2.05) is 0 Å². The Bertz CT molecular complexity index is 805. The van der Waals surface area contributed by atoms with Gasteiger partial charge in [0.15, 0.2) is 0 Å². The predicted molar refractivity (Wildman–Crippen MR) is 140 cm³/mol. The standard InChI is InChI=1S/C27H44N4O6/c1-2-3-4-5-6-7-8-9-10-11-12-14-21(19-24(28)32)37-27(36)22(15-13-16-25(33)34)31-26(35)23-20-29-17-18-30-23/h17-18,20-22H,2-16,19H2,1H3,(H2,28,32)(H,31,35)(H,33,34)/t21-,22-/m0/s1. The summed E-state index contributed by atoms with van der Waals surface area (Å²) in [6.07, 6.45) is 16.8. The first kappa shape index (κ1) is 32.0. The lowest BCUT2D eigenvalue weighted by Crippen LogP contribution is -2.43. The summed E-state index contributed by atoms with van der Waals surface area (Å²) in [4.78, 5) is 55.6. The van der Waals surface area contributed by atoms with Gasteiger partial charge in [-0.15, -0.1) is 0 Å². The minimum Gasteiger partial charge on any atom is -0.481 e. The van der Waals surface area contributed by atoms with Crippen LogP contribution < -0.4 is 11.1 Å². The van der Waals surface area contributed by atoms with Crippen molar-refractivity contribution in [3.63, 3.8) is 0 Å². The van der Waals surface area contributed by atoms with Crippen LogP contribution in [-0.4, -0.2) is 51.0 Å². The summed E-state index contributed by atoms with van der Waals surface area (Å²) in [5.41, 5.74) is 5.39. The lowest BCUT2D eigenvalue weighted by atomic mass is 10.0. The number of unbranched alkanes of at least 4 members (excludes halogenated alkanes) is 10. The summed E-state index contributed by atoms with van der Waals surface area (Å²) >= 11 is 0. The normalized spacial score (nSPS) is 12.5.